The minimum atomic E-state index is -0.650. The van der Waals surface area contributed by atoms with Crippen LogP contribution in [0.5, 0.6) is 0 Å². The zero-order chi connectivity index (χ0) is 23.5. The number of carbonyl (C=O) groups is 2. The largest absolute Gasteiger partial charge is 0.322 e. The SMILES string of the molecule is Cc1ncccc1C(=O)Nc1ccc(-c2cc(NC(=O)c3ccccc3F)n(C)n2)c(F)c1. The van der Waals surface area contributed by atoms with E-state index < -0.39 is 23.4 Å². The summed E-state index contributed by atoms with van der Waals surface area (Å²) < 4.78 is 30.1. The number of pyridine rings is 1. The van der Waals surface area contributed by atoms with Crippen LogP contribution in [-0.2, 0) is 7.05 Å². The van der Waals surface area contributed by atoms with Crippen molar-refractivity contribution in [1.29, 1.82) is 0 Å². The van der Waals surface area contributed by atoms with Gasteiger partial charge in [-0.1, -0.05) is 12.1 Å². The smallest absolute Gasteiger partial charge is 0.259 e. The van der Waals surface area contributed by atoms with E-state index in [0.717, 1.165) is 0 Å². The summed E-state index contributed by atoms with van der Waals surface area (Å²) in [5, 5.41) is 9.45. The van der Waals surface area contributed by atoms with Gasteiger partial charge in [0.1, 0.15) is 17.5 Å². The molecule has 0 aliphatic rings. The number of nitrogens with one attached hydrogen (secondary N) is 2. The summed E-state index contributed by atoms with van der Waals surface area (Å²) >= 11 is 0. The minimum absolute atomic E-state index is 0.115. The second-order valence-corrected chi connectivity index (χ2v) is 7.26. The fourth-order valence-electron chi connectivity index (χ4n) is 3.27. The van der Waals surface area contributed by atoms with Crippen LogP contribution in [0.2, 0.25) is 0 Å². The molecule has 0 saturated carbocycles. The molecule has 166 valence electrons. The molecule has 4 aromatic rings. The predicted molar refractivity (Wildman–Crippen MR) is 120 cm³/mol. The molecule has 9 heteroatoms. The van der Waals surface area contributed by atoms with Gasteiger partial charge in [-0.15, -0.1) is 0 Å². The standard InChI is InChI=1S/C24H19F2N5O2/c1-14-16(7-5-11-27-14)23(32)28-15-9-10-17(20(26)12-15)21-13-22(31(2)30-21)29-24(33)18-6-3-4-8-19(18)25/h3-13H,1-2H3,(H,28,32)(H,29,33). The summed E-state index contributed by atoms with van der Waals surface area (Å²) in [6.45, 7) is 1.71. The Balaban J connectivity index is 1.53. The third-order valence-electron chi connectivity index (χ3n) is 4.99. The Hall–Kier alpha value is -4.40. The summed E-state index contributed by atoms with van der Waals surface area (Å²) in [4.78, 5) is 28.9. The predicted octanol–water partition coefficient (Wildman–Crippen LogP) is 4.57. The molecule has 0 saturated heterocycles. The minimum Gasteiger partial charge on any atom is -0.322 e. The number of hydrogen-bond donors (Lipinski definition) is 2. The van der Waals surface area contributed by atoms with Crippen LogP contribution in [0.4, 0.5) is 20.3 Å². The zero-order valence-electron chi connectivity index (χ0n) is 17.8. The van der Waals surface area contributed by atoms with Crippen LogP contribution < -0.4 is 10.6 Å². The maximum absolute atomic E-state index is 14.8. The number of rotatable bonds is 5. The van der Waals surface area contributed by atoms with Crippen LogP contribution in [0, 0.1) is 18.6 Å². The lowest BCUT2D eigenvalue weighted by Gasteiger charge is -2.08. The lowest BCUT2D eigenvalue weighted by molar-refractivity contribution is 0.101. The van der Waals surface area contributed by atoms with E-state index in [1.165, 1.54) is 41.1 Å². The van der Waals surface area contributed by atoms with Crippen LogP contribution in [0.25, 0.3) is 11.3 Å². The Bertz CT molecular complexity index is 1370. The number of nitrogens with zero attached hydrogens (tertiary/aromatic N) is 3. The summed E-state index contributed by atoms with van der Waals surface area (Å²) in [5.41, 5.74) is 1.55. The van der Waals surface area contributed by atoms with Gasteiger partial charge in [-0.25, -0.2) is 8.78 Å². The Morgan fingerprint density at radius 3 is 2.33 bits per heavy atom. The fourth-order valence-corrected chi connectivity index (χ4v) is 3.27. The molecule has 2 N–H and O–H groups in total. The lowest BCUT2D eigenvalue weighted by atomic mass is 10.1. The number of carbonyl (C=O) groups excluding carboxylic acids is 2. The molecular formula is C24H19F2N5O2. The van der Waals surface area contributed by atoms with Gasteiger partial charge < -0.3 is 10.6 Å². The quantitative estimate of drug-likeness (QED) is 0.469. The molecule has 0 aliphatic heterocycles. The van der Waals surface area contributed by atoms with Gasteiger partial charge in [0.15, 0.2) is 0 Å². The molecule has 2 heterocycles. The van der Waals surface area contributed by atoms with Gasteiger partial charge in [-0.05, 0) is 49.4 Å². The summed E-state index contributed by atoms with van der Waals surface area (Å²) in [7, 11) is 1.57. The monoisotopic (exact) mass is 447 g/mol. The first-order valence-electron chi connectivity index (χ1n) is 9.96. The van der Waals surface area contributed by atoms with E-state index in [1.807, 2.05) is 0 Å². The van der Waals surface area contributed by atoms with Gasteiger partial charge in [0.2, 0.25) is 0 Å². The summed E-state index contributed by atoms with van der Waals surface area (Å²) in [6.07, 6.45) is 1.58. The number of amides is 2. The van der Waals surface area contributed by atoms with Crippen molar-refractivity contribution in [2.24, 2.45) is 7.05 Å². The van der Waals surface area contributed by atoms with Crippen molar-refractivity contribution in [3.8, 4) is 11.3 Å². The zero-order valence-corrected chi connectivity index (χ0v) is 17.8. The molecule has 0 bridgehead atoms. The summed E-state index contributed by atoms with van der Waals surface area (Å²) in [6, 6.07) is 14.6. The Morgan fingerprint density at radius 1 is 0.879 bits per heavy atom. The molecule has 0 unspecified atom stereocenters. The molecule has 0 fully saturated rings. The Kier molecular flexibility index (Phi) is 5.95. The fraction of sp³-hybridized carbons (Fsp3) is 0.0833. The number of aryl methyl sites for hydroxylation is 2. The highest BCUT2D eigenvalue weighted by atomic mass is 19.1. The number of halogens is 2. The highest BCUT2D eigenvalue weighted by Gasteiger charge is 2.17. The number of hydrogen-bond acceptors (Lipinski definition) is 4. The van der Waals surface area contributed by atoms with Gasteiger partial charge in [-0.2, -0.15) is 5.10 Å². The van der Waals surface area contributed by atoms with Crippen molar-refractivity contribution in [3.63, 3.8) is 0 Å². The molecule has 2 amide bonds. The first-order valence-corrected chi connectivity index (χ1v) is 9.96. The average Bonchev–Trinajstić information content (AvgIpc) is 3.14. The highest BCUT2D eigenvalue weighted by Crippen LogP contribution is 2.27. The molecular weight excluding hydrogens is 428 g/mol. The Morgan fingerprint density at radius 2 is 1.61 bits per heavy atom. The van der Waals surface area contributed by atoms with E-state index in [0.29, 0.717) is 11.3 Å². The van der Waals surface area contributed by atoms with E-state index in [4.69, 9.17) is 0 Å². The van der Waals surface area contributed by atoms with E-state index >= 15 is 0 Å². The van der Waals surface area contributed by atoms with Crippen molar-refractivity contribution in [3.05, 3.63) is 95.3 Å². The van der Waals surface area contributed by atoms with Crippen LogP contribution in [-0.4, -0.2) is 26.6 Å². The van der Waals surface area contributed by atoms with Gasteiger partial charge in [-0.3, -0.25) is 19.3 Å². The number of anilines is 2. The maximum atomic E-state index is 14.8. The topological polar surface area (TPSA) is 88.9 Å². The van der Waals surface area contributed by atoms with Crippen LogP contribution >= 0.6 is 0 Å². The second kappa shape index (κ2) is 8.99. The first kappa shape index (κ1) is 21.8. The molecule has 7 nitrogen and oxygen atoms in total. The first-order chi connectivity index (χ1) is 15.8. The van der Waals surface area contributed by atoms with E-state index in [9.17, 15) is 18.4 Å². The molecule has 0 aliphatic carbocycles. The molecule has 33 heavy (non-hydrogen) atoms. The molecule has 0 radical (unpaired) electrons. The molecule has 2 aromatic heterocycles. The highest BCUT2D eigenvalue weighted by molar-refractivity contribution is 6.05. The second-order valence-electron chi connectivity index (χ2n) is 7.26. The summed E-state index contributed by atoms with van der Waals surface area (Å²) in [5.74, 6) is -2.04. The third-order valence-corrected chi connectivity index (χ3v) is 4.99. The maximum Gasteiger partial charge on any atom is 0.259 e. The third kappa shape index (κ3) is 4.62. The number of benzene rings is 2. The van der Waals surface area contributed by atoms with Gasteiger partial charge in [0.05, 0.1) is 16.8 Å². The van der Waals surface area contributed by atoms with E-state index in [-0.39, 0.29) is 28.3 Å². The van der Waals surface area contributed by atoms with Gasteiger partial charge >= 0.3 is 0 Å². The van der Waals surface area contributed by atoms with Gasteiger partial charge in [0, 0.05) is 36.3 Å². The van der Waals surface area contributed by atoms with Crippen molar-refractivity contribution in [2.75, 3.05) is 10.6 Å². The normalized spacial score (nSPS) is 10.7. The Labute approximate surface area is 188 Å². The van der Waals surface area contributed by atoms with Crippen molar-refractivity contribution < 1.29 is 18.4 Å². The average molecular weight is 447 g/mol. The van der Waals surface area contributed by atoms with E-state index in [2.05, 4.69) is 20.7 Å². The molecule has 0 atom stereocenters. The van der Waals surface area contributed by atoms with Gasteiger partial charge in [0.25, 0.3) is 11.8 Å². The molecule has 0 spiro atoms. The van der Waals surface area contributed by atoms with Crippen LogP contribution in [0.1, 0.15) is 26.4 Å². The van der Waals surface area contributed by atoms with E-state index in [1.54, 1.807) is 44.4 Å². The molecule has 2 aromatic carbocycles. The van der Waals surface area contributed by atoms with Crippen molar-refractivity contribution in [1.82, 2.24) is 14.8 Å². The van der Waals surface area contributed by atoms with Crippen LogP contribution in [0.3, 0.4) is 0 Å². The molecule has 4 rings (SSSR count). The van der Waals surface area contributed by atoms with Crippen LogP contribution in [0.15, 0.2) is 66.9 Å². The lowest BCUT2D eigenvalue weighted by Crippen LogP contribution is -2.15. The van der Waals surface area contributed by atoms with Crippen molar-refractivity contribution >= 4 is 23.3 Å². The van der Waals surface area contributed by atoms with Crippen molar-refractivity contribution in [2.45, 2.75) is 6.92 Å². The number of aromatic nitrogens is 3.